The van der Waals surface area contributed by atoms with Crippen LogP contribution in [0.3, 0.4) is 0 Å². The zero-order chi connectivity index (χ0) is 81.8. The first kappa shape index (κ1) is 80.1. The molecule has 3 aromatic heterocycles. The average molecular weight is 1590 g/mol. The highest BCUT2D eigenvalue weighted by Crippen LogP contribution is 2.41. The fourth-order valence-corrected chi connectivity index (χ4v) is 14.7. The van der Waals surface area contributed by atoms with Gasteiger partial charge in [0.25, 0.3) is 0 Å². The Balaban J connectivity index is 0.924. The highest BCUT2D eigenvalue weighted by molar-refractivity contribution is 6.07. The molecule has 2 aliphatic heterocycles. The van der Waals surface area contributed by atoms with Crippen LogP contribution >= 0.6 is 0 Å². The number of aromatic amines is 2. The first-order valence-electron chi connectivity index (χ1n) is 40.0. The second kappa shape index (κ2) is 38.5. The monoisotopic (exact) mass is 1590 g/mol. The highest BCUT2D eigenvalue weighted by Gasteiger charge is 2.28. The average Bonchev–Trinajstić information content (AvgIpc) is 1.59. The molecule has 0 saturated carbocycles. The number of esters is 6. The van der Waals surface area contributed by atoms with Crippen molar-refractivity contribution >= 4 is 85.9 Å². The molecule has 0 aliphatic carbocycles. The lowest BCUT2D eigenvalue weighted by Crippen LogP contribution is -2.09. The van der Waals surface area contributed by atoms with E-state index in [2.05, 4.69) is 9.97 Å². The van der Waals surface area contributed by atoms with E-state index in [4.69, 9.17) is 58.3 Å². The molecule has 0 spiro atoms. The van der Waals surface area contributed by atoms with Gasteiger partial charge < -0.3 is 43.5 Å². The third-order valence-electron chi connectivity index (χ3n) is 21.0. The summed E-state index contributed by atoms with van der Waals surface area (Å²) in [7, 11) is 0. The van der Waals surface area contributed by atoms with Crippen molar-refractivity contribution in [3.8, 4) is 45.6 Å². The largest absolute Gasteiger partial charge is 0.481 e. The molecule has 0 fully saturated rings. The zero-order valence-corrected chi connectivity index (χ0v) is 65.5. The van der Waals surface area contributed by atoms with Gasteiger partial charge in [-0.15, -0.1) is 0 Å². The third-order valence-corrected chi connectivity index (χ3v) is 21.0. The number of carbonyl (C=O) groups is 7. The Kier molecular flexibility index (Phi) is 25.9. The summed E-state index contributed by atoms with van der Waals surface area (Å²) in [5.41, 5.74) is 13.6. The van der Waals surface area contributed by atoms with Gasteiger partial charge in [-0.05, 0) is 173 Å². The number of nitrogens with one attached hydrogen (secondary N) is 2. The van der Waals surface area contributed by atoms with Crippen molar-refractivity contribution in [2.24, 2.45) is 0 Å². The number of rotatable bonds is 35. The Morgan fingerprint density at radius 3 is 0.748 bits per heavy atom. The van der Waals surface area contributed by atoms with Gasteiger partial charge in [0.05, 0.1) is 0 Å². The van der Waals surface area contributed by atoms with Gasteiger partial charge in [-0.2, -0.15) is 0 Å². The smallest absolute Gasteiger partial charge is 0.306 e. The summed E-state index contributed by atoms with van der Waals surface area (Å²) < 4.78 is 35.1. The molecule has 22 heteroatoms. The standard InChI is InChI=1S/C97H86N8O14/c106-83(107)34-20-19-21-62-35-42-75-76(49-62)91-98-90(75)99-92-77-50-69(36-43-84(108)114-56-63-22-7-1-8-23-63)70(37-44-85(109)115-57-64-24-9-2-10-25-64)51-78(77)94(101-92)103-96-81-54-73(40-47-88(112)118-60-67-30-15-5-16-31-67)74(41-48-89(113)119-61-68-32-17-6-18-33-68)55-82(81)97(105-96)104-95-80-53-72(39-46-87(111)117-59-66-28-13-4-14-29-66)71(52-79(80)93(100-91)102-95)38-45-86(110)116-58-65-26-11-3-12-27-65/h1-18,22-33,35,42,49-55H,19-21,34,36-41,43-48,56-61H2,(H,106,107)(H2,98,99,100,101,102,103,104,105). The van der Waals surface area contributed by atoms with Crippen LogP contribution in [-0.4, -0.2) is 86.8 Å². The van der Waals surface area contributed by atoms with Gasteiger partial charge in [-0.1, -0.05) is 194 Å². The number of ether oxygens (including phenoxy) is 6. The van der Waals surface area contributed by atoms with Gasteiger partial charge in [0.15, 0.2) is 23.3 Å². The minimum Gasteiger partial charge on any atom is -0.481 e. The molecule has 5 heterocycles. The van der Waals surface area contributed by atoms with Crippen LogP contribution < -0.4 is 0 Å². The van der Waals surface area contributed by atoms with Crippen molar-refractivity contribution in [3.05, 3.63) is 309 Å². The number of carboxylic acid groups (broad SMARTS) is 1. The van der Waals surface area contributed by atoms with Crippen molar-refractivity contribution in [2.45, 2.75) is 142 Å². The molecular formula is C97H86N8O14. The lowest BCUT2D eigenvalue weighted by atomic mass is 9.93. The van der Waals surface area contributed by atoms with Gasteiger partial charge in [0.2, 0.25) is 0 Å². The van der Waals surface area contributed by atoms with Crippen molar-refractivity contribution < 1.29 is 67.1 Å². The number of benzene rings is 10. The number of hydrogen-bond donors (Lipinski definition) is 3. The van der Waals surface area contributed by atoms with Crippen LogP contribution in [0, 0.1) is 0 Å². The van der Waals surface area contributed by atoms with Gasteiger partial charge in [-0.25, -0.2) is 29.9 Å². The van der Waals surface area contributed by atoms with Gasteiger partial charge in [0, 0.05) is 88.7 Å². The predicted molar refractivity (Wildman–Crippen MR) is 449 cm³/mol. The summed E-state index contributed by atoms with van der Waals surface area (Å²) in [5, 5.41) is 12.0. The fraction of sp³-hybridized carbons (Fsp3) is 0.227. The summed E-state index contributed by atoms with van der Waals surface area (Å²) >= 11 is 0. The number of carboxylic acids is 1. The molecule has 0 saturated heterocycles. The number of aryl methyl sites for hydroxylation is 7. The number of unbranched alkanes of at least 4 members (excludes halogenated alkanes) is 1. The lowest BCUT2D eigenvalue weighted by Gasteiger charge is -2.13. The quantitative estimate of drug-likeness (QED) is 0.0189. The Bertz CT molecular complexity index is 6070. The molecule has 119 heavy (non-hydrogen) atoms. The van der Waals surface area contributed by atoms with Gasteiger partial charge in [-0.3, -0.25) is 33.6 Å². The van der Waals surface area contributed by atoms with E-state index in [0.717, 1.165) is 50.1 Å². The molecule has 3 N–H and O–H groups in total. The molecule has 8 bridgehead atoms. The lowest BCUT2D eigenvalue weighted by molar-refractivity contribution is -0.145. The predicted octanol–water partition coefficient (Wildman–Crippen LogP) is 17.7. The van der Waals surface area contributed by atoms with E-state index in [9.17, 15) is 38.7 Å². The molecule has 22 nitrogen and oxygen atoms in total. The number of nitrogens with zero attached hydrogens (tertiary/aromatic N) is 6. The number of aliphatic carboxylic acids is 1. The second-order valence-electron chi connectivity index (χ2n) is 29.5. The molecule has 10 aromatic carbocycles. The van der Waals surface area contributed by atoms with E-state index in [1.807, 2.05) is 237 Å². The van der Waals surface area contributed by atoms with E-state index in [0.29, 0.717) is 96.6 Å². The fourth-order valence-electron chi connectivity index (χ4n) is 14.7. The van der Waals surface area contributed by atoms with Crippen LogP contribution in [0.4, 0.5) is 0 Å². The Hall–Kier alpha value is -14.2. The highest BCUT2D eigenvalue weighted by atomic mass is 16.6. The number of aromatic nitrogens is 8. The van der Waals surface area contributed by atoms with Crippen molar-refractivity contribution in [1.29, 1.82) is 0 Å². The summed E-state index contributed by atoms with van der Waals surface area (Å²) in [5.74, 6) is -2.62. The molecule has 15 rings (SSSR count). The number of fused-ring (bicyclic) bond motifs is 20. The van der Waals surface area contributed by atoms with E-state index in [1.54, 1.807) is 0 Å². The van der Waals surface area contributed by atoms with Crippen LogP contribution in [0.2, 0.25) is 0 Å². The number of H-pyrrole nitrogens is 2. The summed E-state index contributed by atoms with van der Waals surface area (Å²) in [6.45, 7) is 0.416. The molecule has 0 unspecified atom stereocenters. The van der Waals surface area contributed by atoms with Crippen molar-refractivity contribution in [1.82, 2.24) is 39.9 Å². The van der Waals surface area contributed by atoms with E-state index in [-0.39, 0.29) is 158 Å². The first-order valence-corrected chi connectivity index (χ1v) is 40.0. The topological polar surface area (TPSA) is 304 Å². The zero-order valence-electron chi connectivity index (χ0n) is 65.5. The molecule has 2 aliphatic rings. The SMILES string of the molecule is O=C(O)CCCCc1ccc2c3nc4nc(nc5[nH]c(nc6nc(nc([nH]3)c2c1)-c1cc(CCC(=O)OCc2ccccc2)c(CCC(=O)OCc2ccccc2)cc1-6)c1cc(CCC(=O)OCc2ccccc2)c(CCC(=O)OCc2ccccc2)cc51)-c1cc(CCC(=O)OCc2ccccc2)c(CCC(=O)OCc2ccccc2)cc1-4. The van der Waals surface area contributed by atoms with Gasteiger partial charge in [0.1, 0.15) is 62.2 Å². The third kappa shape index (κ3) is 21.1. The molecule has 0 atom stereocenters. The summed E-state index contributed by atoms with van der Waals surface area (Å²) in [6, 6.07) is 74.1. The molecular weight excluding hydrogens is 1500 g/mol. The second-order valence-corrected chi connectivity index (χ2v) is 29.5. The minimum absolute atomic E-state index is 0.00932. The van der Waals surface area contributed by atoms with E-state index in [1.165, 1.54) is 0 Å². The maximum Gasteiger partial charge on any atom is 0.306 e. The van der Waals surface area contributed by atoms with E-state index >= 15 is 0 Å². The Labute approximate surface area is 686 Å². The van der Waals surface area contributed by atoms with Crippen molar-refractivity contribution in [2.75, 3.05) is 0 Å². The van der Waals surface area contributed by atoms with Crippen LogP contribution in [0.25, 0.3) is 89.7 Å². The van der Waals surface area contributed by atoms with Crippen LogP contribution in [0.15, 0.2) is 237 Å². The molecule has 0 radical (unpaired) electrons. The minimum atomic E-state index is -0.883. The van der Waals surface area contributed by atoms with Crippen LogP contribution in [-0.2, 0) is 147 Å². The Morgan fingerprint density at radius 1 is 0.244 bits per heavy atom. The van der Waals surface area contributed by atoms with Crippen LogP contribution in [0.5, 0.6) is 0 Å². The van der Waals surface area contributed by atoms with Crippen molar-refractivity contribution in [3.63, 3.8) is 0 Å². The normalized spacial score (nSPS) is 11.4. The number of carbonyl (C=O) groups excluding carboxylic acids is 6. The molecule has 13 aromatic rings. The summed E-state index contributed by atoms with van der Waals surface area (Å²) in [6.07, 6.45) is 2.59. The van der Waals surface area contributed by atoms with E-state index < -0.39 is 41.8 Å². The van der Waals surface area contributed by atoms with Gasteiger partial charge >= 0.3 is 41.8 Å². The Morgan fingerprint density at radius 2 is 0.487 bits per heavy atom. The summed E-state index contributed by atoms with van der Waals surface area (Å²) in [4.78, 5) is 135. The maximum atomic E-state index is 13.9. The number of hydrogen-bond acceptors (Lipinski definition) is 19. The molecule has 0 amide bonds. The maximum absolute atomic E-state index is 13.9. The van der Waals surface area contributed by atoms with Crippen LogP contribution in [0.1, 0.15) is 130 Å². The first-order chi connectivity index (χ1) is 58.2. The molecule has 598 valence electrons.